The molecule has 1 unspecified atom stereocenters. The van der Waals surface area contributed by atoms with Crippen molar-refractivity contribution in [2.45, 2.75) is 18.9 Å². The van der Waals surface area contributed by atoms with Gasteiger partial charge in [-0.25, -0.2) is 0 Å². The number of carbonyl (C=O) groups is 1. The van der Waals surface area contributed by atoms with E-state index in [1.54, 1.807) is 11.7 Å². The summed E-state index contributed by atoms with van der Waals surface area (Å²) in [5.41, 5.74) is 0.503. The van der Waals surface area contributed by atoms with Crippen LogP contribution in [0.1, 0.15) is 23.3 Å². The van der Waals surface area contributed by atoms with Crippen LogP contribution in [-0.4, -0.2) is 57.7 Å². The Morgan fingerprint density at radius 2 is 2.28 bits per heavy atom. The number of hydrogen-bond donors (Lipinski definition) is 0. The van der Waals surface area contributed by atoms with E-state index in [-0.39, 0.29) is 5.91 Å². The Kier molecular flexibility index (Phi) is 3.03. The topological polar surface area (TPSA) is 41.4 Å². The summed E-state index contributed by atoms with van der Waals surface area (Å²) in [6, 6.07) is 0.537. The zero-order valence-electron chi connectivity index (χ0n) is 10.5. The minimum absolute atomic E-state index is 0.00606. The highest BCUT2D eigenvalue weighted by molar-refractivity contribution is 6.33. The van der Waals surface area contributed by atoms with E-state index < -0.39 is 0 Å². The van der Waals surface area contributed by atoms with E-state index in [1.165, 1.54) is 25.6 Å². The number of nitrogens with zero attached hydrogens (tertiary/aromatic N) is 4. The molecule has 18 heavy (non-hydrogen) atoms. The molecule has 2 aliphatic rings. The van der Waals surface area contributed by atoms with Crippen LogP contribution in [-0.2, 0) is 7.05 Å². The summed E-state index contributed by atoms with van der Waals surface area (Å²) in [7, 11) is 1.75. The maximum atomic E-state index is 12.5. The minimum Gasteiger partial charge on any atom is -0.334 e. The van der Waals surface area contributed by atoms with Crippen LogP contribution in [0.3, 0.4) is 0 Å². The molecule has 1 aromatic rings. The summed E-state index contributed by atoms with van der Waals surface area (Å²) >= 11 is 6.03. The van der Waals surface area contributed by atoms with Gasteiger partial charge < -0.3 is 4.90 Å². The number of aryl methyl sites for hydroxylation is 1. The molecule has 0 N–H and O–H groups in total. The van der Waals surface area contributed by atoms with Crippen molar-refractivity contribution in [2.75, 3.05) is 26.2 Å². The second-order valence-corrected chi connectivity index (χ2v) is 5.46. The first-order chi connectivity index (χ1) is 8.66. The third-order valence-corrected chi connectivity index (χ3v) is 4.25. The molecule has 0 radical (unpaired) electrons. The molecule has 0 aliphatic carbocycles. The standard InChI is InChI=1S/C12H17ClN4O/c1-15-11(10(13)7-14-15)12(18)17-6-5-16-4-2-3-9(16)8-17/h7,9H,2-6,8H2,1H3. The monoisotopic (exact) mass is 268 g/mol. The number of piperazine rings is 1. The summed E-state index contributed by atoms with van der Waals surface area (Å²) in [4.78, 5) is 16.8. The lowest BCUT2D eigenvalue weighted by Gasteiger charge is -2.37. The van der Waals surface area contributed by atoms with Crippen LogP contribution in [0, 0.1) is 0 Å². The van der Waals surface area contributed by atoms with Crippen molar-refractivity contribution >= 4 is 17.5 Å². The molecule has 2 aliphatic heterocycles. The Bertz CT molecular complexity index is 453. The maximum absolute atomic E-state index is 12.5. The van der Waals surface area contributed by atoms with Gasteiger partial charge in [-0.15, -0.1) is 0 Å². The average Bonchev–Trinajstić information content (AvgIpc) is 2.94. The fourth-order valence-corrected chi connectivity index (χ4v) is 3.22. The van der Waals surface area contributed by atoms with Crippen molar-refractivity contribution in [2.24, 2.45) is 7.05 Å². The number of hydrogen-bond acceptors (Lipinski definition) is 3. The van der Waals surface area contributed by atoms with E-state index >= 15 is 0 Å². The second-order valence-electron chi connectivity index (χ2n) is 5.05. The van der Waals surface area contributed by atoms with Gasteiger partial charge in [0.2, 0.25) is 0 Å². The van der Waals surface area contributed by atoms with Crippen LogP contribution >= 0.6 is 11.6 Å². The Balaban J connectivity index is 1.77. The number of rotatable bonds is 1. The first kappa shape index (κ1) is 12.0. The van der Waals surface area contributed by atoms with Gasteiger partial charge >= 0.3 is 0 Å². The predicted octanol–water partition coefficient (Wildman–Crippen LogP) is 0.994. The molecular formula is C12H17ClN4O. The first-order valence-electron chi connectivity index (χ1n) is 6.37. The van der Waals surface area contributed by atoms with Crippen LogP contribution < -0.4 is 0 Å². The molecule has 0 aromatic carbocycles. The molecule has 3 heterocycles. The van der Waals surface area contributed by atoms with Gasteiger partial charge in [-0.1, -0.05) is 11.6 Å². The molecule has 2 saturated heterocycles. The lowest BCUT2D eigenvalue weighted by molar-refractivity contribution is 0.0561. The van der Waals surface area contributed by atoms with Gasteiger partial charge in [0.1, 0.15) is 5.69 Å². The lowest BCUT2D eigenvalue weighted by atomic mass is 10.1. The van der Waals surface area contributed by atoms with Crippen molar-refractivity contribution in [3.63, 3.8) is 0 Å². The average molecular weight is 269 g/mol. The van der Waals surface area contributed by atoms with Crippen LogP contribution in [0.4, 0.5) is 0 Å². The number of aromatic nitrogens is 2. The molecule has 5 nitrogen and oxygen atoms in total. The van der Waals surface area contributed by atoms with Crippen molar-refractivity contribution in [3.05, 3.63) is 16.9 Å². The second kappa shape index (κ2) is 4.55. The predicted molar refractivity (Wildman–Crippen MR) is 68.7 cm³/mol. The molecule has 1 amide bonds. The van der Waals surface area contributed by atoms with Crippen molar-refractivity contribution < 1.29 is 4.79 Å². The third kappa shape index (κ3) is 1.91. The van der Waals surface area contributed by atoms with E-state index in [4.69, 9.17) is 11.6 Å². The molecular weight excluding hydrogens is 252 g/mol. The zero-order valence-corrected chi connectivity index (χ0v) is 11.2. The van der Waals surface area contributed by atoms with Gasteiger partial charge in [-0.2, -0.15) is 5.10 Å². The zero-order chi connectivity index (χ0) is 12.7. The molecule has 1 atom stereocenters. The molecule has 0 spiro atoms. The summed E-state index contributed by atoms with van der Waals surface area (Å²) in [5, 5.41) is 4.47. The van der Waals surface area contributed by atoms with Crippen LogP contribution in [0.15, 0.2) is 6.20 Å². The van der Waals surface area contributed by atoms with Crippen LogP contribution in [0.2, 0.25) is 5.02 Å². The SMILES string of the molecule is Cn1ncc(Cl)c1C(=O)N1CCN2CCCC2C1. The summed E-state index contributed by atoms with van der Waals surface area (Å²) < 4.78 is 1.56. The summed E-state index contributed by atoms with van der Waals surface area (Å²) in [6.45, 7) is 3.77. The van der Waals surface area contributed by atoms with E-state index in [0.29, 0.717) is 16.8 Å². The Morgan fingerprint density at radius 3 is 3.00 bits per heavy atom. The van der Waals surface area contributed by atoms with Crippen molar-refractivity contribution in [1.29, 1.82) is 0 Å². The van der Waals surface area contributed by atoms with Crippen molar-refractivity contribution in [3.8, 4) is 0 Å². The highest BCUT2D eigenvalue weighted by atomic mass is 35.5. The van der Waals surface area contributed by atoms with Crippen LogP contribution in [0.25, 0.3) is 0 Å². The Morgan fingerprint density at radius 1 is 1.44 bits per heavy atom. The van der Waals surface area contributed by atoms with E-state index in [0.717, 1.165) is 19.6 Å². The fourth-order valence-electron chi connectivity index (χ4n) is 2.98. The molecule has 0 saturated carbocycles. The largest absolute Gasteiger partial charge is 0.334 e. The maximum Gasteiger partial charge on any atom is 0.273 e. The highest BCUT2D eigenvalue weighted by Gasteiger charge is 2.34. The Hall–Kier alpha value is -1.07. The van der Waals surface area contributed by atoms with E-state index in [1.807, 2.05) is 4.90 Å². The van der Waals surface area contributed by atoms with Crippen LogP contribution in [0.5, 0.6) is 0 Å². The Labute approximate surface area is 111 Å². The van der Waals surface area contributed by atoms with Crippen molar-refractivity contribution in [1.82, 2.24) is 19.6 Å². The minimum atomic E-state index is 0.00606. The van der Waals surface area contributed by atoms with E-state index in [2.05, 4.69) is 10.00 Å². The smallest absolute Gasteiger partial charge is 0.273 e. The quantitative estimate of drug-likeness (QED) is 0.763. The number of amides is 1. The first-order valence-corrected chi connectivity index (χ1v) is 6.75. The fraction of sp³-hybridized carbons (Fsp3) is 0.667. The molecule has 2 fully saturated rings. The number of halogens is 1. The summed E-state index contributed by atoms with van der Waals surface area (Å²) in [6.07, 6.45) is 3.97. The van der Waals surface area contributed by atoms with Gasteiger partial charge in [-0.05, 0) is 19.4 Å². The molecule has 3 rings (SSSR count). The van der Waals surface area contributed by atoms with Gasteiger partial charge in [0.05, 0.1) is 11.2 Å². The van der Waals surface area contributed by atoms with Gasteiger partial charge in [0, 0.05) is 32.7 Å². The third-order valence-electron chi connectivity index (χ3n) is 3.97. The normalized spacial score (nSPS) is 24.3. The highest BCUT2D eigenvalue weighted by Crippen LogP contribution is 2.24. The summed E-state index contributed by atoms with van der Waals surface area (Å²) in [5.74, 6) is 0.00606. The molecule has 6 heteroatoms. The lowest BCUT2D eigenvalue weighted by Crippen LogP contribution is -2.52. The number of fused-ring (bicyclic) bond motifs is 1. The molecule has 98 valence electrons. The van der Waals surface area contributed by atoms with E-state index in [9.17, 15) is 4.79 Å². The van der Waals surface area contributed by atoms with Gasteiger partial charge in [0.15, 0.2) is 0 Å². The van der Waals surface area contributed by atoms with Gasteiger partial charge in [0.25, 0.3) is 5.91 Å². The van der Waals surface area contributed by atoms with Gasteiger partial charge in [-0.3, -0.25) is 14.4 Å². The number of carbonyl (C=O) groups excluding carboxylic acids is 1. The molecule has 0 bridgehead atoms. The molecule has 1 aromatic heterocycles.